The predicted octanol–water partition coefficient (Wildman–Crippen LogP) is -1.20. The third-order valence-electron chi connectivity index (χ3n) is 4.91. The standard InChI is InChI=1S/C20H36N4O8/c1-6-10(4)15(19(30)24-16(11(5)25)20(31)32)23-18(29)13(7-9(2)3)22-17(28)12(21)8-14(26)27/h9-13,15-16,25H,6-8,21H2,1-5H3,(H,22,28)(H,23,29)(H,24,30)(H,26,27)(H,31,32). The smallest absolute Gasteiger partial charge is 0.328 e. The molecule has 6 unspecified atom stereocenters. The molecule has 32 heavy (non-hydrogen) atoms. The van der Waals surface area contributed by atoms with Gasteiger partial charge in [0.25, 0.3) is 0 Å². The van der Waals surface area contributed by atoms with Crippen LogP contribution in [-0.4, -0.2) is 75.3 Å². The van der Waals surface area contributed by atoms with Crippen molar-refractivity contribution < 1.29 is 39.3 Å². The third-order valence-corrected chi connectivity index (χ3v) is 4.91. The van der Waals surface area contributed by atoms with Gasteiger partial charge in [-0.15, -0.1) is 0 Å². The molecule has 0 aliphatic rings. The highest BCUT2D eigenvalue weighted by Crippen LogP contribution is 2.12. The molecule has 0 aliphatic carbocycles. The van der Waals surface area contributed by atoms with E-state index in [0.717, 1.165) is 0 Å². The summed E-state index contributed by atoms with van der Waals surface area (Å²) >= 11 is 0. The van der Waals surface area contributed by atoms with Gasteiger partial charge in [-0.1, -0.05) is 34.1 Å². The van der Waals surface area contributed by atoms with Crippen molar-refractivity contribution in [3.8, 4) is 0 Å². The molecule has 0 radical (unpaired) electrons. The fourth-order valence-corrected chi connectivity index (χ4v) is 2.85. The Morgan fingerprint density at radius 3 is 1.78 bits per heavy atom. The van der Waals surface area contributed by atoms with Crippen molar-refractivity contribution in [1.29, 1.82) is 0 Å². The molecule has 0 aromatic rings. The van der Waals surface area contributed by atoms with Crippen LogP contribution in [0.5, 0.6) is 0 Å². The van der Waals surface area contributed by atoms with Gasteiger partial charge in [-0.25, -0.2) is 4.79 Å². The van der Waals surface area contributed by atoms with Gasteiger partial charge in [0, 0.05) is 0 Å². The van der Waals surface area contributed by atoms with Gasteiger partial charge >= 0.3 is 11.9 Å². The Balaban J connectivity index is 5.57. The number of aliphatic hydroxyl groups is 1. The predicted molar refractivity (Wildman–Crippen MR) is 114 cm³/mol. The summed E-state index contributed by atoms with van der Waals surface area (Å²) in [5.74, 6) is -5.44. The lowest BCUT2D eigenvalue weighted by Gasteiger charge is -2.29. The zero-order valence-electron chi connectivity index (χ0n) is 19.1. The molecule has 0 heterocycles. The third kappa shape index (κ3) is 10.1. The number of nitrogens with two attached hydrogens (primary N) is 1. The van der Waals surface area contributed by atoms with Gasteiger partial charge in [0.1, 0.15) is 12.1 Å². The summed E-state index contributed by atoms with van der Waals surface area (Å²) in [6.07, 6.45) is -1.32. The van der Waals surface area contributed by atoms with E-state index in [4.69, 9.17) is 10.8 Å². The molecule has 6 atom stereocenters. The lowest BCUT2D eigenvalue weighted by molar-refractivity contribution is -0.145. The molecule has 3 amide bonds. The number of nitrogens with one attached hydrogen (secondary N) is 3. The van der Waals surface area contributed by atoms with Gasteiger partial charge in [0.15, 0.2) is 6.04 Å². The average Bonchev–Trinajstić information content (AvgIpc) is 2.67. The highest BCUT2D eigenvalue weighted by atomic mass is 16.4. The quantitative estimate of drug-likeness (QED) is 0.166. The van der Waals surface area contributed by atoms with E-state index in [1.165, 1.54) is 6.92 Å². The van der Waals surface area contributed by atoms with Crippen molar-refractivity contribution in [2.75, 3.05) is 0 Å². The zero-order valence-corrected chi connectivity index (χ0v) is 19.1. The van der Waals surface area contributed by atoms with E-state index in [0.29, 0.717) is 6.42 Å². The SMILES string of the molecule is CCC(C)C(NC(=O)C(CC(C)C)NC(=O)C(N)CC(=O)O)C(=O)NC(C(=O)O)C(C)O. The summed E-state index contributed by atoms with van der Waals surface area (Å²) in [4.78, 5) is 59.9. The van der Waals surface area contributed by atoms with E-state index < -0.39 is 72.3 Å². The molecule has 8 N–H and O–H groups in total. The Kier molecular flexibility index (Phi) is 12.5. The van der Waals surface area contributed by atoms with Crippen molar-refractivity contribution in [3.05, 3.63) is 0 Å². The lowest BCUT2D eigenvalue weighted by atomic mass is 9.96. The summed E-state index contributed by atoms with van der Waals surface area (Å²) in [6, 6.07) is -5.14. The molecule has 0 saturated carbocycles. The van der Waals surface area contributed by atoms with Crippen molar-refractivity contribution >= 4 is 29.7 Å². The molecule has 0 rings (SSSR count). The number of carbonyl (C=O) groups excluding carboxylic acids is 3. The maximum atomic E-state index is 12.9. The lowest BCUT2D eigenvalue weighted by Crippen LogP contribution is -2.60. The van der Waals surface area contributed by atoms with Gasteiger partial charge in [0.2, 0.25) is 17.7 Å². The Labute approximate surface area is 187 Å². The fourth-order valence-electron chi connectivity index (χ4n) is 2.85. The zero-order chi connectivity index (χ0) is 25.2. The maximum Gasteiger partial charge on any atom is 0.328 e. The van der Waals surface area contributed by atoms with Crippen molar-refractivity contribution in [2.24, 2.45) is 17.6 Å². The normalized spacial score (nSPS) is 16.8. The Morgan fingerprint density at radius 1 is 0.844 bits per heavy atom. The first-order chi connectivity index (χ1) is 14.7. The highest BCUT2D eigenvalue weighted by Gasteiger charge is 2.34. The number of aliphatic carboxylic acids is 2. The van der Waals surface area contributed by atoms with Crippen molar-refractivity contribution in [1.82, 2.24) is 16.0 Å². The van der Waals surface area contributed by atoms with Gasteiger partial charge < -0.3 is 37.0 Å². The molecular weight excluding hydrogens is 424 g/mol. The number of amides is 3. The van der Waals surface area contributed by atoms with Crippen LogP contribution in [0.2, 0.25) is 0 Å². The summed E-state index contributed by atoms with van der Waals surface area (Å²) in [6.45, 7) is 8.29. The first kappa shape index (κ1) is 29.3. The molecule has 0 bridgehead atoms. The second kappa shape index (κ2) is 13.6. The maximum absolute atomic E-state index is 12.9. The molecular formula is C20H36N4O8. The first-order valence-electron chi connectivity index (χ1n) is 10.5. The number of hydrogen-bond acceptors (Lipinski definition) is 7. The minimum absolute atomic E-state index is 0.0377. The number of aliphatic hydroxyl groups excluding tert-OH is 1. The molecule has 0 fully saturated rings. The largest absolute Gasteiger partial charge is 0.481 e. The minimum Gasteiger partial charge on any atom is -0.481 e. The molecule has 0 spiro atoms. The number of hydrogen-bond donors (Lipinski definition) is 7. The van der Waals surface area contributed by atoms with E-state index in [1.54, 1.807) is 13.8 Å². The van der Waals surface area contributed by atoms with Crippen LogP contribution in [0.3, 0.4) is 0 Å². The van der Waals surface area contributed by atoms with Gasteiger partial charge in [-0.3, -0.25) is 19.2 Å². The summed E-state index contributed by atoms with van der Waals surface area (Å²) in [5, 5.41) is 34.8. The molecule has 184 valence electrons. The molecule has 0 aromatic heterocycles. The molecule has 0 saturated heterocycles. The molecule has 12 heteroatoms. The first-order valence-corrected chi connectivity index (χ1v) is 10.5. The van der Waals surface area contributed by atoms with E-state index in [-0.39, 0.29) is 12.3 Å². The van der Waals surface area contributed by atoms with Crippen molar-refractivity contribution in [2.45, 2.75) is 84.2 Å². The van der Waals surface area contributed by atoms with Gasteiger partial charge in [0.05, 0.1) is 18.6 Å². The van der Waals surface area contributed by atoms with E-state index >= 15 is 0 Å². The second-order valence-corrected chi connectivity index (χ2v) is 8.33. The molecule has 0 aromatic carbocycles. The number of carboxylic acids is 2. The topological polar surface area (TPSA) is 208 Å². The van der Waals surface area contributed by atoms with Crippen LogP contribution in [0, 0.1) is 11.8 Å². The minimum atomic E-state index is -1.56. The average molecular weight is 461 g/mol. The number of carboxylic acid groups (broad SMARTS) is 2. The summed E-state index contributed by atoms with van der Waals surface area (Å²) in [5.41, 5.74) is 5.56. The van der Waals surface area contributed by atoms with Crippen LogP contribution < -0.4 is 21.7 Å². The fraction of sp³-hybridized carbons (Fsp3) is 0.750. The molecule has 12 nitrogen and oxygen atoms in total. The van der Waals surface area contributed by atoms with Crippen LogP contribution in [0.25, 0.3) is 0 Å². The van der Waals surface area contributed by atoms with Crippen molar-refractivity contribution in [3.63, 3.8) is 0 Å². The summed E-state index contributed by atoms with van der Waals surface area (Å²) < 4.78 is 0. The van der Waals surface area contributed by atoms with Crippen LogP contribution in [-0.2, 0) is 24.0 Å². The Morgan fingerprint density at radius 2 is 1.38 bits per heavy atom. The van der Waals surface area contributed by atoms with Gasteiger partial charge in [-0.05, 0) is 25.2 Å². The van der Waals surface area contributed by atoms with E-state index in [1.807, 2.05) is 13.8 Å². The second-order valence-electron chi connectivity index (χ2n) is 8.33. The van der Waals surface area contributed by atoms with Crippen LogP contribution in [0.4, 0.5) is 0 Å². The number of rotatable bonds is 14. The summed E-state index contributed by atoms with van der Waals surface area (Å²) in [7, 11) is 0. The number of carbonyl (C=O) groups is 5. The van der Waals surface area contributed by atoms with Crippen LogP contribution >= 0.6 is 0 Å². The van der Waals surface area contributed by atoms with E-state index in [2.05, 4.69) is 16.0 Å². The van der Waals surface area contributed by atoms with Crippen LogP contribution in [0.15, 0.2) is 0 Å². The monoisotopic (exact) mass is 460 g/mol. The van der Waals surface area contributed by atoms with E-state index in [9.17, 15) is 34.2 Å². The Hall–Kier alpha value is -2.73. The van der Waals surface area contributed by atoms with Crippen LogP contribution in [0.1, 0.15) is 53.9 Å². The highest BCUT2D eigenvalue weighted by molar-refractivity contribution is 5.94. The molecule has 0 aliphatic heterocycles. The Bertz CT molecular complexity index is 683. The van der Waals surface area contributed by atoms with Gasteiger partial charge in [-0.2, -0.15) is 0 Å².